The first-order valence-electron chi connectivity index (χ1n) is 4.99. The smallest absolute Gasteiger partial charge is 0.389 e. The number of methoxy groups -OCH3 is 1. The summed E-state index contributed by atoms with van der Waals surface area (Å²) in [6.07, 6.45) is -5.33. The fourth-order valence-corrected chi connectivity index (χ4v) is 1.65. The fraction of sp³-hybridized carbons (Fsp3) is 0.455. The summed E-state index contributed by atoms with van der Waals surface area (Å²) in [5, 5.41) is 0.420. The Morgan fingerprint density at radius 1 is 1.39 bits per heavy atom. The first-order chi connectivity index (χ1) is 7.83. The van der Waals surface area contributed by atoms with Gasteiger partial charge in [-0.05, 0) is 24.6 Å². The van der Waals surface area contributed by atoms with Crippen LogP contribution in [0.15, 0.2) is 18.2 Å². The minimum Gasteiger partial charge on any atom is -0.496 e. The molecule has 0 saturated carbocycles. The Morgan fingerprint density at radius 2 is 2.00 bits per heavy atom. The van der Waals surface area contributed by atoms with E-state index in [0.717, 1.165) is 0 Å². The molecule has 0 aliphatic rings. The third-order valence-electron chi connectivity index (χ3n) is 2.33. The minimum atomic E-state index is -4.20. The number of benzene rings is 1. The quantitative estimate of drug-likeness (QED) is 0.908. The number of hydrogen-bond donors (Lipinski definition) is 1. The van der Waals surface area contributed by atoms with Crippen molar-refractivity contribution in [1.82, 2.24) is 0 Å². The van der Waals surface area contributed by atoms with E-state index in [4.69, 9.17) is 22.1 Å². The highest BCUT2D eigenvalue weighted by molar-refractivity contribution is 6.30. The summed E-state index contributed by atoms with van der Waals surface area (Å²) < 4.78 is 41.3. The van der Waals surface area contributed by atoms with E-state index >= 15 is 0 Å². The first kappa shape index (κ1) is 17.4. The van der Waals surface area contributed by atoms with Gasteiger partial charge in [-0.3, -0.25) is 0 Å². The zero-order chi connectivity index (χ0) is 13.1. The second-order valence-corrected chi connectivity index (χ2v) is 4.08. The van der Waals surface area contributed by atoms with Crippen molar-refractivity contribution in [2.45, 2.75) is 25.1 Å². The molecule has 0 aromatic heterocycles. The first-order valence-corrected chi connectivity index (χ1v) is 5.37. The summed E-state index contributed by atoms with van der Waals surface area (Å²) in [5.41, 5.74) is 6.20. The SMILES string of the molecule is COc1ccc(Cl)cc1[C@@H](N)CCC(F)(F)F.Cl. The summed E-state index contributed by atoms with van der Waals surface area (Å²) in [6.45, 7) is 0. The zero-order valence-electron chi connectivity index (χ0n) is 9.63. The van der Waals surface area contributed by atoms with Gasteiger partial charge in [-0.15, -0.1) is 12.4 Å². The van der Waals surface area contributed by atoms with Crippen LogP contribution in [0, 0.1) is 0 Å². The fourth-order valence-electron chi connectivity index (χ4n) is 1.47. The van der Waals surface area contributed by atoms with E-state index in [2.05, 4.69) is 0 Å². The summed E-state index contributed by atoms with van der Waals surface area (Å²) >= 11 is 5.77. The molecule has 1 atom stereocenters. The third kappa shape index (κ3) is 5.33. The summed E-state index contributed by atoms with van der Waals surface area (Å²) in [7, 11) is 1.43. The van der Waals surface area contributed by atoms with Gasteiger partial charge in [0.2, 0.25) is 0 Å². The average molecular weight is 304 g/mol. The number of nitrogens with two attached hydrogens (primary N) is 1. The van der Waals surface area contributed by atoms with Crippen LogP contribution in [0.2, 0.25) is 5.02 Å². The topological polar surface area (TPSA) is 35.2 Å². The van der Waals surface area contributed by atoms with Crippen molar-refractivity contribution < 1.29 is 17.9 Å². The maximum absolute atomic E-state index is 12.1. The number of hydrogen-bond acceptors (Lipinski definition) is 2. The largest absolute Gasteiger partial charge is 0.496 e. The highest BCUT2D eigenvalue weighted by atomic mass is 35.5. The van der Waals surface area contributed by atoms with Gasteiger partial charge in [-0.2, -0.15) is 13.2 Å². The van der Waals surface area contributed by atoms with Crippen LogP contribution < -0.4 is 10.5 Å². The number of alkyl halides is 3. The van der Waals surface area contributed by atoms with Crippen molar-refractivity contribution >= 4 is 24.0 Å². The Labute approximate surface area is 115 Å². The van der Waals surface area contributed by atoms with Gasteiger partial charge in [-0.1, -0.05) is 11.6 Å². The van der Waals surface area contributed by atoms with Crippen LogP contribution in [0.25, 0.3) is 0 Å². The maximum atomic E-state index is 12.1. The summed E-state index contributed by atoms with van der Waals surface area (Å²) in [6, 6.07) is 3.97. The number of ether oxygens (including phenoxy) is 1. The molecule has 0 bridgehead atoms. The Balaban J connectivity index is 0.00000289. The lowest BCUT2D eigenvalue weighted by Gasteiger charge is -2.16. The van der Waals surface area contributed by atoms with Gasteiger partial charge in [0, 0.05) is 23.0 Å². The molecule has 1 aromatic carbocycles. The van der Waals surface area contributed by atoms with Crippen LogP contribution in [0.3, 0.4) is 0 Å². The third-order valence-corrected chi connectivity index (χ3v) is 2.57. The molecule has 2 N–H and O–H groups in total. The Kier molecular flexibility index (Phi) is 6.81. The maximum Gasteiger partial charge on any atom is 0.389 e. The number of rotatable bonds is 4. The molecular weight excluding hydrogens is 290 g/mol. The minimum absolute atomic E-state index is 0. The lowest BCUT2D eigenvalue weighted by Crippen LogP contribution is -2.16. The van der Waals surface area contributed by atoms with Crippen LogP contribution >= 0.6 is 24.0 Å². The molecular formula is C11H14Cl2F3NO. The monoisotopic (exact) mass is 303 g/mol. The molecule has 0 aliphatic heterocycles. The molecule has 2 nitrogen and oxygen atoms in total. The second-order valence-electron chi connectivity index (χ2n) is 3.65. The lowest BCUT2D eigenvalue weighted by atomic mass is 10.0. The Hall–Kier alpha value is -0.650. The van der Waals surface area contributed by atoms with Crippen molar-refractivity contribution in [2.24, 2.45) is 5.73 Å². The molecule has 1 aromatic rings. The van der Waals surface area contributed by atoms with Crippen LogP contribution in [-0.4, -0.2) is 13.3 Å². The molecule has 0 unspecified atom stereocenters. The van der Waals surface area contributed by atoms with E-state index < -0.39 is 18.6 Å². The Morgan fingerprint density at radius 3 is 2.50 bits per heavy atom. The summed E-state index contributed by atoms with van der Waals surface area (Å²) in [5.74, 6) is 0.448. The van der Waals surface area contributed by atoms with Gasteiger partial charge in [0.15, 0.2) is 0 Å². The van der Waals surface area contributed by atoms with Crippen molar-refractivity contribution in [3.63, 3.8) is 0 Å². The van der Waals surface area contributed by atoms with Crippen LogP contribution in [0.4, 0.5) is 13.2 Å². The summed E-state index contributed by atoms with van der Waals surface area (Å²) in [4.78, 5) is 0. The van der Waals surface area contributed by atoms with E-state index in [-0.39, 0.29) is 18.8 Å². The average Bonchev–Trinajstić information content (AvgIpc) is 2.25. The molecule has 0 amide bonds. The van der Waals surface area contributed by atoms with E-state index in [9.17, 15) is 13.2 Å². The normalized spacial score (nSPS) is 12.8. The van der Waals surface area contributed by atoms with Gasteiger partial charge < -0.3 is 10.5 Å². The van der Waals surface area contributed by atoms with Crippen molar-refractivity contribution in [2.75, 3.05) is 7.11 Å². The molecule has 0 saturated heterocycles. The van der Waals surface area contributed by atoms with E-state index in [1.54, 1.807) is 12.1 Å². The van der Waals surface area contributed by atoms with Crippen LogP contribution in [0.5, 0.6) is 5.75 Å². The second kappa shape index (κ2) is 7.07. The molecule has 0 aliphatic carbocycles. The molecule has 18 heavy (non-hydrogen) atoms. The molecule has 0 fully saturated rings. The van der Waals surface area contributed by atoms with Crippen molar-refractivity contribution in [3.05, 3.63) is 28.8 Å². The molecule has 1 rings (SSSR count). The van der Waals surface area contributed by atoms with E-state index in [0.29, 0.717) is 16.3 Å². The zero-order valence-corrected chi connectivity index (χ0v) is 11.2. The van der Waals surface area contributed by atoms with Gasteiger partial charge in [-0.25, -0.2) is 0 Å². The van der Waals surface area contributed by atoms with Crippen LogP contribution in [-0.2, 0) is 0 Å². The van der Waals surface area contributed by atoms with Gasteiger partial charge in [0.1, 0.15) is 5.75 Å². The number of halogens is 5. The highest BCUT2D eigenvalue weighted by Gasteiger charge is 2.28. The molecule has 104 valence electrons. The molecule has 0 heterocycles. The van der Waals surface area contributed by atoms with E-state index in [1.165, 1.54) is 13.2 Å². The predicted molar refractivity (Wildman–Crippen MR) is 67.5 cm³/mol. The standard InChI is InChI=1S/C11H13ClF3NO.ClH/c1-17-10-3-2-7(12)6-8(10)9(16)4-5-11(13,14)15;/h2-3,6,9H,4-5,16H2,1H3;1H/t9-;/m0./s1. The van der Waals surface area contributed by atoms with E-state index in [1.807, 2.05) is 0 Å². The molecule has 7 heteroatoms. The van der Waals surface area contributed by atoms with Crippen molar-refractivity contribution in [1.29, 1.82) is 0 Å². The molecule has 0 radical (unpaired) electrons. The van der Waals surface area contributed by atoms with Crippen molar-refractivity contribution in [3.8, 4) is 5.75 Å². The highest BCUT2D eigenvalue weighted by Crippen LogP contribution is 2.32. The predicted octanol–water partition coefficient (Wildman–Crippen LogP) is 4.11. The molecule has 0 spiro atoms. The Bertz CT molecular complexity index is 385. The van der Waals surface area contributed by atoms with Gasteiger partial charge >= 0.3 is 6.18 Å². The van der Waals surface area contributed by atoms with Crippen LogP contribution in [0.1, 0.15) is 24.4 Å². The van der Waals surface area contributed by atoms with Gasteiger partial charge in [0.25, 0.3) is 0 Å². The lowest BCUT2D eigenvalue weighted by molar-refractivity contribution is -0.136. The van der Waals surface area contributed by atoms with Gasteiger partial charge in [0.05, 0.1) is 7.11 Å².